The first-order chi connectivity index (χ1) is 20.1. The molecule has 1 atom stereocenters. The van der Waals surface area contributed by atoms with Crippen molar-refractivity contribution in [3.05, 3.63) is 112 Å². The molecule has 1 fully saturated rings. The largest absolute Gasteiger partial charge is 0.481 e. The smallest absolute Gasteiger partial charge is 0.303 e. The molecule has 0 spiro atoms. The number of nitrogens with zero attached hydrogens (tertiary/aromatic N) is 1. The van der Waals surface area contributed by atoms with Gasteiger partial charge in [-0.2, -0.15) is 11.8 Å². The molecular formula is C36H38ClNO3S. The molecular weight excluding hydrogens is 562 g/mol. The molecule has 42 heavy (non-hydrogen) atoms. The van der Waals surface area contributed by atoms with Crippen molar-refractivity contribution >= 4 is 52.4 Å². The third kappa shape index (κ3) is 8.03. The van der Waals surface area contributed by atoms with Crippen LogP contribution in [0.2, 0.25) is 5.02 Å². The fraction of sp³-hybridized carbons (Fsp3) is 0.333. The predicted molar refractivity (Wildman–Crippen MR) is 176 cm³/mol. The summed E-state index contributed by atoms with van der Waals surface area (Å²) in [6, 6.07) is 26.6. The van der Waals surface area contributed by atoms with Crippen LogP contribution >= 0.6 is 23.4 Å². The van der Waals surface area contributed by atoms with E-state index in [1.54, 1.807) is 0 Å². The van der Waals surface area contributed by atoms with Gasteiger partial charge >= 0.3 is 5.97 Å². The van der Waals surface area contributed by atoms with E-state index in [2.05, 4.69) is 42.5 Å². The van der Waals surface area contributed by atoms with Gasteiger partial charge in [0.15, 0.2) is 0 Å². The van der Waals surface area contributed by atoms with E-state index in [-0.39, 0.29) is 11.8 Å². The summed E-state index contributed by atoms with van der Waals surface area (Å²) in [7, 11) is 0. The number of carboxylic acids is 1. The number of aromatic nitrogens is 1. The van der Waals surface area contributed by atoms with Gasteiger partial charge in [0.25, 0.3) is 0 Å². The maximum Gasteiger partial charge on any atom is 0.303 e. The van der Waals surface area contributed by atoms with Crippen molar-refractivity contribution in [1.82, 2.24) is 4.98 Å². The van der Waals surface area contributed by atoms with Crippen LogP contribution in [0.3, 0.4) is 0 Å². The Bertz CT molecular complexity index is 1590. The number of halogens is 1. The highest BCUT2D eigenvalue weighted by molar-refractivity contribution is 7.99. The van der Waals surface area contributed by atoms with Crippen LogP contribution in [0.1, 0.15) is 73.4 Å². The molecule has 1 aliphatic carbocycles. The number of thioether (sulfide) groups is 1. The molecule has 0 amide bonds. The van der Waals surface area contributed by atoms with Crippen molar-refractivity contribution in [2.75, 3.05) is 11.5 Å². The van der Waals surface area contributed by atoms with Crippen molar-refractivity contribution in [2.45, 2.75) is 57.5 Å². The van der Waals surface area contributed by atoms with E-state index in [1.807, 2.05) is 74.1 Å². The van der Waals surface area contributed by atoms with E-state index in [1.165, 1.54) is 11.1 Å². The number of benzene rings is 3. The summed E-state index contributed by atoms with van der Waals surface area (Å²) in [6.45, 7) is 3.68. The minimum atomic E-state index is -0.900. The number of pyridine rings is 1. The van der Waals surface area contributed by atoms with Gasteiger partial charge in [-0.3, -0.25) is 4.79 Å². The van der Waals surface area contributed by atoms with Gasteiger partial charge < -0.3 is 10.2 Å². The number of fused-ring (bicyclic) bond motifs is 1. The molecule has 0 unspecified atom stereocenters. The van der Waals surface area contributed by atoms with Gasteiger partial charge in [-0.1, -0.05) is 78.3 Å². The van der Waals surface area contributed by atoms with Gasteiger partial charge in [-0.25, -0.2) is 4.98 Å². The Kier molecular flexibility index (Phi) is 9.41. The van der Waals surface area contributed by atoms with Gasteiger partial charge in [0.1, 0.15) is 0 Å². The minimum Gasteiger partial charge on any atom is -0.481 e. The zero-order chi connectivity index (χ0) is 29.7. The van der Waals surface area contributed by atoms with Crippen LogP contribution < -0.4 is 0 Å². The number of carboxylic acid groups (broad SMARTS) is 1. The molecule has 1 aromatic heterocycles. The van der Waals surface area contributed by atoms with E-state index < -0.39 is 11.6 Å². The third-order valence-electron chi connectivity index (χ3n) is 8.15. The summed E-state index contributed by atoms with van der Waals surface area (Å²) in [5, 5.41) is 21.8. The predicted octanol–water partition coefficient (Wildman–Crippen LogP) is 8.99. The number of carbonyl (C=O) groups is 1. The molecule has 0 radical (unpaired) electrons. The van der Waals surface area contributed by atoms with Gasteiger partial charge in [-0.05, 0) is 103 Å². The molecule has 1 heterocycles. The van der Waals surface area contributed by atoms with E-state index in [4.69, 9.17) is 16.6 Å². The normalized spacial score (nSPS) is 15.2. The molecule has 1 saturated carbocycles. The summed E-state index contributed by atoms with van der Waals surface area (Å²) < 4.78 is 0. The van der Waals surface area contributed by atoms with Crippen LogP contribution in [0.5, 0.6) is 0 Å². The van der Waals surface area contributed by atoms with E-state index in [0.29, 0.717) is 10.9 Å². The number of hydrogen-bond acceptors (Lipinski definition) is 4. The van der Waals surface area contributed by atoms with Gasteiger partial charge in [0.2, 0.25) is 0 Å². The van der Waals surface area contributed by atoms with Crippen LogP contribution in [0.15, 0.2) is 78.9 Å². The molecule has 6 heteroatoms. The monoisotopic (exact) mass is 599 g/mol. The third-order valence-corrected chi connectivity index (χ3v) is 9.84. The minimum absolute atomic E-state index is 0.0315. The first-order valence-electron chi connectivity index (χ1n) is 14.5. The zero-order valence-electron chi connectivity index (χ0n) is 24.2. The number of aryl methyl sites for hydroxylation is 1. The van der Waals surface area contributed by atoms with Crippen LogP contribution in [-0.4, -0.2) is 32.7 Å². The second-order valence-corrected chi connectivity index (χ2v) is 13.6. The highest BCUT2D eigenvalue weighted by Gasteiger charge is 2.44. The average molecular weight is 600 g/mol. The molecule has 0 bridgehead atoms. The second kappa shape index (κ2) is 13.0. The van der Waals surface area contributed by atoms with Gasteiger partial charge in [0, 0.05) is 16.2 Å². The standard InChI is InChI=1S/C36H38ClNO3S/c1-35(2,41)32-9-4-3-7-26(32)11-12-29(23-42-24-36(18-19-36)22-34(39)40)28-8-5-6-25(20-28)10-16-31-17-14-27-13-15-30(37)21-33(27)38-31/h3-10,13-17,20-21,29,41H,11-12,18-19,22-24H2,1-2H3,(H,39,40)/b16-10+/t29-/m0/s1. The van der Waals surface area contributed by atoms with Gasteiger partial charge in [0.05, 0.1) is 23.2 Å². The van der Waals surface area contributed by atoms with Crippen LogP contribution in [0.4, 0.5) is 0 Å². The molecule has 2 N–H and O–H groups in total. The van der Waals surface area contributed by atoms with Crippen molar-refractivity contribution in [1.29, 1.82) is 0 Å². The molecule has 0 saturated heterocycles. The Labute approximate surface area is 257 Å². The number of hydrogen-bond donors (Lipinski definition) is 2. The molecule has 0 aliphatic heterocycles. The Morgan fingerprint density at radius 3 is 2.60 bits per heavy atom. The molecule has 218 valence electrons. The summed E-state index contributed by atoms with van der Waals surface area (Å²) in [5.41, 5.74) is 5.33. The topological polar surface area (TPSA) is 70.4 Å². The second-order valence-electron chi connectivity index (χ2n) is 12.1. The molecule has 1 aliphatic rings. The Morgan fingerprint density at radius 1 is 1.05 bits per heavy atom. The van der Waals surface area contributed by atoms with Crippen LogP contribution in [0.25, 0.3) is 23.1 Å². The summed E-state index contributed by atoms with van der Waals surface area (Å²) >= 11 is 8.05. The summed E-state index contributed by atoms with van der Waals surface area (Å²) in [4.78, 5) is 16.1. The zero-order valence-corrected chi connectivity index (χ0v) is 25.8. The van der Waals surface area contributed by atoms with E-state index in [0.717, 1.165) is 64.9 Å². The Balaban J connectivity index is 1.34. The van der Waals surface area contributed by atoms with Gasteiger partial charge in [-0.15, -0.1) is 0 Å². The molecule has 3 aromatic carbocycles. The highest BCUT2D eigenvalue weighted by atomic mass is 35.5. The SMILES string of the molecule is CC(C)(O)c1ccccc1CC[C@@H](CSCC1(CC(=O)O)CC1)c1cccc(/C=C/c2ccc3ccc(Cl)cc3n2)c1. The number of rotatable bonds is 13. The Hall–Kier alpha value is -3.12. The average Bonchev–Trinajstić information content (AvgIpc) is 3.71. The van der Waals surface area contributed by atoms with Crippen molar-refractivity contribution in [3.8, 4) is 0 Å². The number of aliphatic hydroxyl groups is 1. The van der Waals surface area contributed by atoms with E-state index in [9.17, 15) is 15.0 Å². The van der Waals surface area contributed by atoms with E-state index >= 15 is 0 Å². The lowest BCUT2D eigenvalue weighted by molar-refractivity contribution is -0.138. The molecule has 4 nitrogen and oxygen atoms in total. The van der Waals surface area contributed by atoms with Crippen molar-refractivity contribution in [3.63, 3.8) is 0 Å². The first-order valence-corrected chi connectivity index (χ1v) is 16.1. The lowest BCUT2D eigenvalue weighted by Gasteiger charge is -2.24. The first kappa shape index (κ1) is 30.3. The van der Waals surface area contributed by atoms with Crippen molar-refractivity contribution < 1.29 is 15.0 Å². The molecule has 5 rings (SSSR count). The quantitative estimate of drug-likeness (QED) is 0.160. The fourth-order valence-electron chi connectivity index (χ4n) is 5.60. The highest BCUT2D eigenvalue weighted by Crippen LogP contribution is 2.51. The van der Waals surface area contributed by atoms with Crippen LogP contribution in [0, 0.1) is 5.41 Å². The Morgan fingerprint density at radius 2 is 1.83 bits per heavy atom. The maximum absolute atomic E-state index is 11.4. The fourth-order valence-corrected chi connectivity index (χ4v) is 7.35. The van der Waals surface area contributed by atoms with Crippen LogP contribution in [-0.2, 0) is 16.8 Å². The lowest BCUT2D eigenvalue weighted by atomic mass is 9.87. The molecule has 4 aromatic rings. The lowest BCUT2D eigenvalue weighted by Crippen LogP contribution is -2.18. The summed E-state index contributed by atoms with van der Waals surface area (Å²) in [5.74, 6) is 1.40. The van der Waals surface area contributed by atoms with Crippen molar-refractivity contribution in [2.24, 2.45) is 5.41 Å². The summed E-state index contributed by atoms with van der Waals surface area (Å²) in [6.07, 6.45) is 8.20. The maximum atomic E-state index is 11.4. The number of aliphatic carboxylic acids is 1.